The van der Waals surface area contributed by atoms with E-state index in [0.717, 1.165) is 12.3 Å². The Bertz CT molecular complexity index is 349. The van der Waals surface area contributed by atoms with Gasteiger partial charge in [-0.15, -0.1) is 0 Å². The van der Waals surface area contributed by atoms with E-state index in [2.05, 4.69) is 13.3 Å². The molecule has 0 N–H and O–H groups in total. The molecule has 0 atom stereocenters. The van der Waals surface area contributed by atoms with Gasteiger partial charge in [-0.3, -0.25) is 0 Å². The van der Waals surface area contributed by atoms with Crippen molar-refractivity contribution in [1.29, 1.82) is 0 Å². The zero-order valence-electron chi connectivity index (χ0n) is 17.3. The first kappa shape index (κ1) is 25.7. The van der Waals surface area contributed by atoms with Crippen molar-refractivity contribution < 1.29 is 33.0 Å². The monoisotopic (exact) mass is 398 g/mol. The first-order valence-corrected chi connectivity index (χ1v) is 12.8. The minimum absolute atomic E-state index is 0.221. The summed E-state index contributed by atoms with van der Waals surface area (Å²) in [4.78, 5) is 12.3. The van der Waals surface area contributed by atoms with E-state index in [4.69, 9.17) is 28.2 Å². The van der Waals surface area contributed by atoms with E-state index in [1.54, 1.807) is 7.11 Å². The standard InChI is InChI=1S/C18H39O7P/c1-6-21-14-16-26(4,5,17-15-22-7-2)25-18(19)8-9-23-12-13-24-11-10-20-3/h6-17H2,1-5H3. The van der Waals surface area contributed by atoms with Gasteiger partial charge in [0.1, 0.15) is 0 Å². The van der Waals surface area contributed by atoms with E-state index in [1.807, 2.05) is 13.8 Å². The number of ether oxygens (including phenoxy) is 5. The maximum atomic E-state index is 12.3. The van der Waals surface area contributed by atoms with E-state index < -0.39 is 6.83 Å². The van der Waals surface area contributed by atoms with E-state index in [0.29, 0.717) is 59.5 Å². The molecule has 0 aromatic carbocycles. The molecule has 0 aliphatic carbocycles. The third-order valence-electron chi connectivity index (χ3n) is 3.94. The number of hydrogen-bond acceptors (Lipinski definition) is 7. The van der Waals surface area contributed by atoms with Crippen LogP contribution in [0.25, 0.3) is 0 Å². The predicted octanol–water partition coefficient (Wildman–Crippen LogP) is 2.40. The van der Waals surface area contributed by atoms with Gasteiger partial charge in [-0.2, -0.15) is 0 Å². The molecule has 0 unspecified atom stereocenters. The van der Waals surface area contributed by atoms with Crippen molar-refractivity contribution in [2.75, 3.05) is 92.2 Å². The first-order valence-electron chi connectivity index (χ1n) is 9.39. The molecule has 0 radical (unpaired) electrons. The summed E-state index contributed by atoms with van der Waals surface area (Å²) in [6.45, 7) is 10.3. The van der Waals surface area contributed by atoms with Gasteiger partial charge in [0.15, 0.2) is 0 Å². The molecule has 0 aromatic heterocycles. The van der Waals surface area contributed by atoms with Crippen molar-refractivity contribution in [2.45, 2.75) is 20.3 Å². The van der Waals surface area contributed by atoms with Crippen molar-refractivity contribution in [3.05, 3.63) is 0 Å². The number of hydrogen-bond donors (Lipinski definition) is 0. The van der Waals surface area contributed by atoms with Gasteiger partial charge < -0.3 is 0 Å². The molecule has 158 valence electrons. The molecule has 0 bridgehead atoms. The molecule has 0 spiro atoms. The summed E-state index contributed by atoms with van der Waals surface area (Å²) in [5.74, 6) is -0.221. The second kappa shape index (κ2) is 14.7. The van der Waals surface area contributed by atoms with E-state index >= 15 is 0 Å². The minimum atomic E-state index is -2.65. The fourth-order valence-electron chi connectivity index (χ4n) is 2.20. The van der Waals surface area contributed by atoms with Crippen LogP contribution in [0.15, 0.2) is 0 Å². The summed E-state index contributed by atoms with van der Waals surface area (Å²) in [5, 5.41) is 0. The van der Waals surface area contributed by atoms with E-state index in [-0.39, 0.29) is 12.4 Å². The summed E-state index contributed by atoms with van der Waals surface area (Å²) in [5.41, 5.74) is 0. The Kier molecular flexibility index (Phi) is 14.6. The van der Waals surface area contributed by atoms with Gasteiger partial charge in [-0.1, -0.05) is 0 Å². The summed E-state index contributed by atoms with van der Waals surface area (Å²) in [6.07, 6.45) is 1.72. The van der Waals surface area contributed by atoms with Crippen molar-refractivity contribution in [3.63, 3.8) is 0 Å². The fourth-order valence-corrected chi connectivity index (χ4v) is 4.79. The van der Waals surface area contributed by atoms with Crippen LogP contribution in [-0.4, -0.2) is 98.2 Å². The Morgan fingerprint density at radius 2 is 1.23 bits per heavy atom. The second-order valence-corrected chi connectivity index (χ2v) is 13.0. The molecular weight excluding hydrogens is 359 g/mol. The molecule has 0 aliphatic heterocycles. The predicted molar refractivity (Wildman–Crippen MR) is 106 cm³/mol. The van der Waals surface area contributed by atoms with Crippen LogP contribution in [0.1, 0.15) is 20.3 Å². The molecule has 0 heterocycles. The van der Waals surface area contributed by atoms with Crippen LogP contribution in [0.5, 0.6) is 0 Å². The van der Waals surface area contributed by atoms with Gasteiger partial charge in [-0.25, -0.2) is 0 Å². The van der Waals surface area contributed by atoms with Crippen LogP contribution < -0.4 is 0 Å². The topological polar surface area (TPSA) is 72.5 Å². The third-order valence-corrected chi connectivity index (χ3v) is 7.92. The van der Waals surface area contributed by atoms with Gasteiger partial charge >= 0.3 is 158 Å². The fraction of sp³-hybridized carbons (Fsp3) is 0.944. The van der Waals surface area contributed by atoms with Crippen LogP contribution in [0.2, 0.25) is 0 Å². The molecule has 0 rings (SSSR count). The number of carbonyl (C=O) groups is 1. The van der Waals surface area contributed by atoms with Gasteiger partial charge in [0.25, 0.3) is 0 Å². The molecule has 8 heteroatoms. The van der Waals surface area contributed by atoms with Crippen molar-refractivity contribution in [3.8, 4) is 0 Å². The molecule has 7 nitrogen and oxygen atoms in total. The molecule has 0 saturated carbocycles. The normalized spacial score (nSPS) is 13.3. The SMILES string of the molecule is CCOCCP(C)(C)(CCOCC)OC(=O)CCOCCOCCOC. The van der Waals surface area contributed by atoms with Crippen LogP contribution in [-0.2, 0) is 33.0 Å². The molecule has 0 aromatic rings. The summed E-state index contributed by atoms with van der Waals surface area (Å²) in [6, 6.07) is 0. The van der Waals surface area contributed by atoms with E-state index in [1.165, 1.54) is 0 Å². The molecule has 26 heavy (non-hydrogen) atoms. The van der Waals surface area contributed by atoms with Gasteiger partial charge in [0, 0.05) is 0 Å². The zero-order valence-corrected chi connectivity index (χ0v) is 18.2. The zero-order chi connectivity index (χ0) is 19.8. The number of carbonyl (C=O) groups excluding carboxylic acids is 1. The van der Waals surface area contributed by atoms with Crippen molar-refractivity contribution in [1.82, 2.24) is 0 Å². The van der Waals surface area contributed by atoms with E-state index in [9.17, 15) is 4.79 Å². The summed E-state index contributed by atoms with van der Waals surface area (Å²) in [7, 11) is 1.63. The second-order valence-electron chi connectivity index (χ2n) is 6.83. The number of methoxy groups -OCH3 is 1. The molecule has 0 amide bonds. The Morgan fingerprint density at radius 3 is 1.73 bits per heavy atom. The Labute approximate surface area is 159 Å². The average molecular weight is 398 g/mol. The van der Waals surface area contributed by atoms with Gasteiger partial charge in [-0.05, 0) is 0 Å². The van der Waals surface area contributed by atoms with Gasteiger partial charge in [0.2, 0.25) is 0 Å². The Hall–Kier alpha value is -0.300. The Morgan fingerprint density at radius 1 is 0.731 bits per heavy atom. The Balaban J connectivity index is 4.22. The van der Waals surface area contributed by atoms with Gasteiger partial charge in [0.05, 0.1) is 0 Å². The van der Waals surface area contributed by atoms with Crippen LogP contribution in [0, 0.1) is 0 Å². The van der Waals surface area contributed by atoms with Crippen LogP contribution in [0.3, 0.4) is 0 Å². The summed E-state index contributed by atoms with van der Waals surface area (Å²) >= 11 is 0. The molecule has 0 aliphatic rings. The maximum absolute atomic E-state index is 12.3. The van der Waals surface area contributed by atoms with Crippen LogP contribution in [0.4, 0.5) is 0 Å². The van der Waals surface area contributed by atoms with Crippen LogP contribution >= 0.6 is 6.83 Å². The molecular formula is C18H39O7P. The third kappa shape index (κ3) is 13.8. The molecule has 0 saturated heterocycles. The first-order chi connectivity index (χ1) is 12.4. The van der Waals surface area contributed by atoms with Crippen molar-refractivity contribution >= 4 is 12.8 Å². The summed E-state index contributed by atoms with van der Waals surface area (Å²) < 4.78 is 32.6. The average Bonchev–Trinajstić information content (AvgIpc) is 2.57. The quantitative estimate of drug-likeness (QED) is 0.259. The molecule has 0 fully saturated rings. The van der Waals surface area contributed by atoms with Crippen molar-refractivity contribution in [2.24, 2.45) is 0 Å². The number of rotatable bonds is 18.